The van der Waals surface area contributed by atoms with Crippen LogP contribution in [-0.2, 0) is 0 Å². The van der Waals surface area contributed by atoms with Crippen LogP contribution in [0.25, 0.3) is 0 Å². The summed E-state index contributed by atoms with van der Waals surface area (Å²) in [5.74, 6) is 0. The van der Waals surface area contributed by atoms with Gasteiger partial charge in [-0.25, -0.2) is 0 Å². The van der Waals surface area contributed by atoms with Crippen LogP contribution in [0.15, 0.2) is 18.5 Å². The molecule has 0 fully saturated rings. The summed E-state index contributed by atoms with van der Waals surface area (Å²) in [6.07, 6.45) is 3.40. The average Bonchev–Trinajstić information content (AvgIpc) is 1.88. The minimum absolute atomic E-state index is 0.154. The Bertz CT molecular complexity index is 225. The van der Waals surface area contributed by atoms with Gasteiger partial charge in [-0.15, -0.1) is 0 Å². The van der Waals surface area contributed by atoms with Gasteiger partial charge in [0, 0.05) is 28.2 Å². The van der Waals surface area contributed by atoms with Gasteiger partial charge in [0.15, 0.2) is 0 Å². The Morgan fingerprint density at radius 2 is 2.40 bits per heavy atom. The molecular formula is C7H8ClNS. The molecule has 0 aromatic carbocycles. The monoisotopic (exact) mass is 173 g/mol. The third kappa shape index (κ3) is 1.64. The van der Waals surface area contributed by atoms with E-state index < -0.39 is 0 Å². The molecule has 1 heterocycles. The number of thiol groups is 1. The van der Waals surface area contributed by atoms with Gasteiger partial charge in [0.25, 0.3) is 0 Å². The molecule has 54 valence electrons. The lowest BCUT2D eigenvalue weighted by Gasteiger charge is -2.04. The Balaban J connectivity index is 3.03. The SMILES string of the molecule is C[C@@H](S)c1cnccc1Cl. The van der Waals surface area contributed by atoms with Crippen LogP contribution in [0.3, 0.4) is 0 Å². The Labute approximate surface area is 70.8 Å². The summed E-state index contributed by atoms with van der Waals surface area (Å²) in [6, 6.07) is 1.77. The van der Waals surface area contributed by atoms with Crippen molar-refractivity contribution in [1.29, 1.82) is 0 Å². The molecule has 0 bridgehead atoms. The van der Waals surface area contributed by atoms with E-state index in [4.69, 9.17) is 11.6 Å². The molecule has 0 saturated heterocycles. The molecule has 1 rings (SSSR count). The van der Waals surface area contributed by atoms with Crippen molar-refractivity contribution in [3.05, 3.63) is 29.0 Å². The summed E-state index contributed by atoms with van der Waals surface area (Å²) < 4.78 is 0. The highest BCUT2D eigenvalue weighted by atomic mass is 35.5. The summed E-state index contributed by atoms with van der Waals surface area (Å²) in [5, 5.41) is 0.888. The third-order valence-electron chi connectivity index (χ3n) is 1.25. The molecule has 1 nitrogen and oxygen atoms in total. The number of hydrogen-bond acceptors (Lipinski definition) is 2. The van der Waals surface area contributed by atoms with Crippen molar-refractivity contribution in [1.82, 2.24) is 4.98 Å². The normalized spacial score (nSPS) is 13.1. The highest BCUT2D eigenvalue weighted by molar-refractivity contribution is 7.80. The number of nitrogens with zero attached hydrogens (tertiary/aromatic N) is 1. The van der Waals surface area contributed by atoms with Gasteiger partial charge in [-0.05, 0) is 13.0 Å². The lowest BCUT2D eigenvalue weighted by atomic mass is 10.2. The van der Waals surface area contributed by atoms with Gasteiger partial charge in [0.1, 0.15) is 0 Å². The zero-order valence-corrected chi connectivity index (χ0v) is 7.23. The van der Waals surface area contributed by atoms with E-state index >= 15 is 0 Å². The van der Waals surface area contributed by atoms with E-state index in [0.717, 1.165) is 10.6 Å². The molecule has 0 spiro atoms. The average molecular weight is 174 g/mol. The van der Waals surface area contributed by atoms with Crippen molar-refractivity contribution in [3.63, 3.8) is 0 Å². The molecule has 0 aliphatic carbocycles. The largest absolute Gasteiger partial charge is 0.264 e. The molecule has 0 N–H and O–H groups in total. The molecule has 0 amide bonds. The number of aromatic nitrogens is 1. The van der Waals surface area contributed by atoms with Crippen molar-refractivity contribution in [3.8, 4) is 0 Å². The van der Waals surface area contributed by atoms with Crippen LogP contribution >= 0.6 is 24.2 Å². The van der Waals surface area contributed by atoms with Crippen LogP contribution in [0.2, 0.25) is 5.02 Å². The lowest BCUT2D eigenvalue weighted by molar-refractivity contribution is 1.08. The van der Waals surface area contributed by atoms with Crippen LogP contribution in [0.5, 0.6) is 0 Å². The van der Waals surface area contributed by atoms with E-state index in [2.05, 4.69) is 17.6 Å². The van der Waals surface area contributed by atoms with Crippen LogP contribution in [0.4, 0.5) is 0 Å². The minimum Gasteiger partial charge on any atom is -0.264 e. The Morgan fingerprint density at radius 1 is 1.70 bits per heavy atom. The predicted octanol–water partition coefficient (Wildman–Crippen LogP) is 2.73. The maximum absolute atomic E-state index is 5.83. The van der Waals surface area contributed by atoms with Crippen molar-refractivity contribution >= 4 is 24.2 Å². The number of hydrogen-bond donors (Lipinski definition) is 1. The van der Waals surface area contributed by atoms with E-state index in [1.54, 1.807) is 18.5 Å². The molecule has 10 heavy (non-hydrogen) atoms. The van der Waals surface area contributed by atoms with Crippen LogP contribution < -0.4 is 0 Å². The molecule has 0 aliphatic rings. The van der Waals surface area contributed by atoms with E-state index in [0.29, 0.717) is 0 Å². The van der Waals surface area contributed by atoms with E-state index in [1.165, 1.54) is 0 Å². The van der Waals surface area contributed by atoms with Crippen molar-refractivity contribution in [2.75, 3.05) is 0 Å². The first kappa shape index (κ1) is 7.89. The Morgan fingerprint density at radius 3 is 2.80 bits per heavy atom. The van der Waals surface area contributed by atoms with Crippen molar-refractivity contribution in [2.24, 2.45) is 0 Å². The quantitative estimate of drug-likeness (QED) is 0.645. The maximum atomic E-state index is 5.83. The van der Waals surface area contributed by atoms with Gasteiger partial charge in [0.05, 0.1) is 0 Å². The highest BCUT2D eigenvalue weighted by Crippen LogP contribution is 2.24. The first-order chi connectivity index (χ1) is 4.72. The molecule has 0 radical (unpaired) electrons. The van der Waals surface area contributed by atoms with Gasteiger partial charge >= 0.3 is 0 Å². The predicted molar refractivity (Wildman–Crippen MR) is 46.6 cm³/mol. The van der Waals surface area contributed by atoms with Crippen LogP contribution in [0.1, 0.15) is 17.7 Å². The summed E-state index contributed by atoms with van der Waals surface area (Å²) in [5.41, 5.74) is 0.979. The highest BCUT2D eigenvalue weighted by Gasteiger charge is 2.03. The summed E-state index contributed by atoms with van der Waals surface area (Å²) >= 11 is 10.1. The van der Waals surface area contributed by atoms with E-state index in [1.807, 2.05) is 6.92 Å². The lowest BCUT2D eigenvalue weighted by Crippen LogP contribution is -1.86. The topological polar surface area (TPSA) is 12.9 Å². The van der Waals surface area contributed by atoms with Gasteiger partial charge in [0.2, 0.25) is 0 Å². The molecule has 0 saturated carbocycles. The number of rotatable bonds is 1. The van der Waals surface area contributed by atoms with Gasteiger partial charge in [-0.1, -0.05) is 11.6 Å². The smallest absolute Gasteiger partial charge is 0.0479 e. The first-order valence-electron chi connectivity index (χ1n) is 2.99. The van der Waals surface area contributed by atoms with E-state index in [9.17, 15) is 0 Å². The van der Waals surface area contributed by atoms with E-state index in [-0.39, 0.29) is 5.25 Å². The van der Waals surface area contributed by atoms with Crippen molar-refractivity contribution in [2.45, 2.75) is 12.2 Å². The zero-order valence-electron chi connectivity index (χ0n) is 5.58. The molecule has 0 aliphatic heterocycles. The Kier molecular flexibility index (Phi) is 2.57. The summed E-state index contributed by atoms with van der Waals surface area (Å²) in [6.45, 7) is 1.96. The number of halogens is 1. The molecule has 1 aromatic heterocycles. The summed E-state index contributed by atoms with van der Waals surface area (Å²) in [4.78, 5) is 3.93. The molecule has 1 atom stereocenters. The van der Waals surface area contributed by atoms with Crippen LogP contribution in [-0.4, -0.2) is 4.98 Å². The first-order valence-corrected chi connectivity index (χ1v) is 3.88. The molecule has 0 unspecified atom stereocenters. The fraction of sp³-hybridized carbons (Fsp3) is 0.286. The Hall–Kier alpha value is -0.210. The molecular weight excluding hydrogens is 166 g/mol. The zero-order chi connectivity index (χ0) is 7.56. The molecule has 3 heteroatoms. The minimum atomic E-state index is 0.154. The fourth-order valence-corrected chi connectivity index (χ4v) is 1.25. The number of pyridine rings is 1. The van der Waals surface area contributed by atoms with Gasteiger partial charge in [-0.2, -0.15) is 12.6 Å². The van der Waals surface area contributed by atoms with Crippen molar-refractivity contribution < 1.29 is 0 Å². The second kappa shape index (κ2) is 3.26. The van der Waals surface area contributed by atoms with Crippen LogP contribution in [0, 0.1) is 0 Å². The second-order valence-corrected chi connectivity index (χ2v) is 3.25. The van der Waals surface area contributed by atoms with Gasteiger partial charge in [-0.3, -0.25) is 4.98 Å². The van der Waals surface area contributed by atoms with Gasteiger partial charge < -0.3 is 0 Å². The fourth-order valence-electron chi connectivity index (χ4n) is 0.697. The summed E-state index contributed by atoms with van der Waals surface area (Å²) in [7, 11) is 0. The standard InChI is InChI=1S/C7H8ClNS/c1-5(10)6-4-9-3-2-7(6)8/h2-5,10H,1H3/t5-/m1/s1. The third-order valence-corrected chi connectivity index (χ3v) is 1.87. The second-order valence-electron chi connectivity index (χ2n) is 2.07. The maximum Gasteiger partial charge on any atom is 0.0479 e. The molecule has 1 aromatic rings.